The van der Waals surface area contributed by atoms with Crippen molar-refractivity contribution in [2.24, 2.45) is 0 Å². The van der Waals surface area contributed by atoms with Gasteiger partial charge in [-0.25, -0.2) is 0 Å². The van der Waals surface area contributed by atoms with Crippen LogP contribution in [0, 0.1) is 0 Å². The van der Waals surface area contributed by atoms with Crippen molar-refractivity contribution in [3.63, 3.8) is 0 Å². The van der Waals surface area contributed by atoms with Gasteiger partial charge in [0.25, 0.3) is 0 Å². The number of nitrogens with one attached hydrogen (secondary N) is 1. The molecule has 1 aromatic rings. The maximum atomic E-state index is 3.39. The van der Waals surface area contributed by atoms with Gasteiger partial charge in [-0.05, 0) is 36.6 Å². The second-order valence-electron chi connectivity index (χ2n) is 4.85. The second kappa shape index (κ2) is 3.62. The lowest BCUT2D eigenvalue weighted by Crippen LogP contribution is -2.19. The third-order valence-corrected chi connectivity index (χ3v) is 3.50. The molecule has 0 unspecified atom stereocenters. The van der Waals surface area contributed by atoms with E-state index in [2.05, 4.69) is 35.5 Å². The molecule has 0 aromatic heterocycles. The first-order chi connectivity index (χ1) is 7.33. The van der Waals surface area contributed by atoms with Crippen molar-refractivity contribution in [2.45, 2.75) is 38.5 Å². The van der Waals surface area contributed by atoms with Crippen molar-refractivity contribution in [1.29, 1.82) is 0 Å². The first kappa shape index (κ1) is 9.37. The summed E-state index contributed by atoms with van der Waals surface area (Å²) in [5.41, 5.74) is 4.44. The molecule has 1 fully saturated rings. The number of hydrogen-bond donors (Lipinski definition) is 1. The smallest absolute Gasteiger partial charge is 0.0233 e. The van der Waals surface area contributed by atoms with Gasteiger partial charge in [0.05, 0.1) is 0 Å². The average Bonchev–Trinajstić information content (AvgIpc) is 2.98. The third kappa shape index (κ3) is 1.92. The van der Waals surface area contributed by atoms with E-state index >= 15 is 0 Å². The first-order valence-electron chi connectivity index (χ1n) is 5.84. The highest BCUT2D eigenvalue weighted by Crippen LogP contribution is 2.27. The molecule has 1 heterocycles. The Kier molecular flexibility index (Phi) is 2.26. The van der Waals surface area contributed by atoms with Gasteiger partial charge in [0, 0.05) is 25.7 Å². The van der Waals surface area contributed by atoms with Gasteiger partial charge in [0.15, 0.2) is 0 Å². The molecule has 1 aromatic carbocycles. The predicted octanol–water partition coefficient (Wildman–Crippen LogP) is 1.88. The zero-order chi connectivity index (χ0) is 10.3. The Balaban J connectivity index is 1.74. The molecule has 0 saturated heterocycles. The molecule has 0 atom stereocenters. The summed E-state index contributed by atoms with van der Waals surface area (Å²) in [6.45, 7) is 3.21. The van der Waals surface area contributed by atoms with Crippen LogP contribution in [0.1, 0.15) is 29.5 Å². The van der Waals surface area contributed by atoms with Crippen LogP contribution in [0.4, 0.5) is 0 Å². The molecule has 2 heteroatoms. The van der Waals surface area contributed by atoms with Crippen molar-refractivity contribution >= 4 is 0 Å². The number of benzene rings is 1. The Labute approximate surface area is 91.3 Å². The summed E-state index contributed by atoms with van der Waals surface area (Å²) in [6, 6.07) is 7.79. The van der Waals surface area contributed by atoms with E-state index in [0.29, 0.717) is 0 Å². The third-order valence-electron chi connectivity index (χ3n) is 3.50. The van der Waals surface area contributed by atoms with Gasteiger partial charge < -0.3 is 5.32 Å². The number of hydrogen-bond acceptors (Lipinski definition) is 2. The summed E-state index contributed by atoms with van der Waals surface area (Å²) < 4.78 is 0. The fourth-order valence-corrected chi connectivity index (χ4v) is 2.38. The molecule has 1 saturated carbocycles. The molecule has 3 rings (SSSR count). The highest BCUT2D eigenvalue weighted by molar-refractivity contribution is 5.34. The molecule has 0 bridgehead atoms. The van der Waals surface area contributed by atoms with Gasteiger partial charge in [-0.2, -0.15) is 0 Å². The molecule has 80 valence electrons. The van der Waals surface area contributed by atoms with Gasteiger partial charge in [-0.3, -0.25) is 4.90 Å². The summed E-state index contributed by atoms with van der Waals surface area (Å²) in [5, 5.41) is 3.39. The quantitative estimate of drug-likeness (QED) is 0.805. The van der Waals surface area contributed by atoms with Crippen LogP contribution < -0.4 is 5.32 Å². The van der Waals surface area contributed by atoms with Crippen molar-refractivity contribution in [2.75, 3.05) is 7.05 Å². The van der Waals surface area contributed by atoms with E-state index in [1.54, 1.807) is 0 Å². The number of fused-ring (bicyclic) bond motifs is 1. The van der Waals surface area contributed by atoms with E-state index in [4.69, 9.17) is 0 Å². The summed E-state index contributed by atoms with van der Waals surface area (Å²) >= 11 is 0. The van der Waals surface area contributed by atoms with Crippen LogP contribution in [0.2, 0.25) is 0 Å². The van der Waals surface area contributed by atoms with Crippen molar-refractivity contribution in [3.8, 4) is 0 Å². The Morgan fingerprint density at radius 2 is 2.07 bits per heavy atom. The summed E-state index contributed by atoms with van der Waals surface area (Å²) in [7, 11) is 2.24. The zero-order valence-electron chi connectivity index (χ0n) is 9.29. The maximum Gasteiger partial charge on any atom is 0.0233 e. The molecule has 15 heavy (non-hydrogen) atoms. The molecule has 2 nitrogen and oxygen atoms in total. The molecular formula is C13H18N2. The van der Waals surface area contributed by atoms with Gasteiger partial charge in [-0.15, -0.1) is 0 Å². The Hall–Kier alpha value is -0.860. The highest BCUT2D eigenvalue weighted by atomic mass is 15.1. The lowest BCUT2D eigenvalue weighted by atomic mass is 10.1. The topological polar surface area (TPSA) is 15.3 Å². The molecular weight excluding hydrogens is 184 g/mol. The van der Waals surface area contributed by atoms with Crippen LogP contribution in [-0.4, -0.2) is 18.0 Å². The van der Waals surface area contributed by atoms with Gasteiger partial charge in [-0.1, -0.05) is 18.2 Å². The van der Waals surface area contributed by atoms with Crippen molar-refractivity contribution in [3.05, 3.63) is 34.9 Å². The van der Waals surface area contributed by atoms with E-state index in [0.717, 1.165) is 25.7 Å². The normalized spacial score (nSPS) is 19.6. The van der Waals surface area contributed by atoms with E-state index in [1.807, 2.05) is 0 Å². The first-order valence-corrected chi connectivity index (χ1v) is 5.84. The molecule has 0 amide bonds. The molecule has 0 spiro atoms. The minimum absolute atomic E-state index is 0.858. The molecule has 1 N–H and O–H groups in total. The lowest BCUT2D eigenvalue weighted by Gasteiger charge is -2.16. The van der Waals surface area contributed by atoms with E-state index in [1.165, 1.54) is 29.5 Å². The molecule has 2 aliphatic rings. The van der Waals surface area contributed by atoms with Crippen molar-refractivity contribution in [1.82, 2.24) is 10.2 Å². The van der Waals surface area contributed by atoms with Crippen LogP contribution in [0.5, 0.6) is 0 Å². The second-order valence-corrected chi connectivity index (χ2v) is 4.85. The Morgan fingerprint density at radius 3 is 2.87 bits per heavy atom. The van der Waals surface area contributed by atoms with Gasteiger partial charge >= 0.3 is 0 Å². The van der Waals surface area contributed by atoms with E-state index in [-0.39, 0.29) is 0 Å². The summed E-state index contributed by atoms with van der Waals surface area (Å²) in [6.07, 6.45) is 2.78. The minimum Gasteiger partial charge on any atom is -0.309 e. The summed E-state index contributed by atoms with van der Waals surface area (Å²) in [4.78, 5) is 2.48. The van der Waals surface area contributed by atoms with Crippen LogP contribution >= 0.6 is 0 Å². The fourth-order valence-electron chi connectivity index (χ4n) is 2.38. The van der Waals surface area contributed by atoms with Crippen LogP contribution in [0.25, 0.3) is 0 Å². The molecule has 1 aliphatic carbocycles. The number of nitrogens with zero attached hydrogens (tertiary/aromatic N) is 1. The van der Waals surface area contributed by atoms with Crippen LogP contribution in [0.15, 0.2) is 18.2 Å². The maximum absolute atomic E-state index is 3.39. The van der Waals surface area contributed by atoms with Gasteiger partial charge in [0.1, 0.15) is 0 Å². The van der Waals surface area contributed by atoms with E-state index in [9.17, 15) is 0 Å². The average molecular weight is 202 g/mol. The van der Waals surface area contributed by atoms with Crippen LogP contribution in [-0.2, 0) is 19.6 Å². The van der Waals surface area contributed by atoms with Crippen molar-refractivity contribution < 1.29 is 0 Å². The lowest BCUT2D eigenvalue weighted by molar-refractivity contribution is 0.316. The SMILES string of the molecule is CN(Cc1ccc2c(c1)CNC2)C1CC1. The molecule has 1 aliphatic heterocycles. The monoisotopic (exact) mass is 202 g/mol. The predicted molar refractivity (Wildman–Crippen MR) is 61.5 cm³/mol. The van der Waals surface area contributed by atoms with E-state index < -0.39 is 0 Å². The Bertz CT molecular complexity index is 369. The fraction of sp³-hybridized carbons (Fsp3) is 0.538. The zero-order valence-corrected chi connectivity index (χ0v) is 9.29. The minimum atomic E-state index is 0.858. The summed E-state index contributed by atoms with van der Waals surface area (Å²) in [5.74, 6) is 0. The largest absolute Gasteiger partial charge is 0.309 e. The number of rotatable bonds is 3. The Morgan fingerprint density at radius 1 is 1.27 bits per heavy atom. The highest BCUT2D eigenvalue weighted by Gasteiger charge is 2.25. The standard InChI is InChI=1S/C13H18N2/c1-15(13-4-5-13)9-10-2-3-11-7-14-8-12(11)6-10/h2-3,6,13-14H,4-5,7-9H2,1H3. The van der Waals surface area contributed by atoms with Gasteiger partial charge in [0.2, 0.25) is 0 Å². The van der Waals surface area contributed by atoms with Crippen LogP contribution in [0.3, 0.4) is 0 Å². The molecule has 0 radical (unpaired) electrons.